The fourth-order valence-corrected chi connectivity index (χ4v) is 2.00. The Morgan fingerprint density at radius 3 is 2.50 bits per heavy atom. The van der Waals surface area contributed by atoms with E-state index < -0.39 is 19.1 Å². The van der Waals surface area contributed by atoms with Gasteiger partial charge in [-0.3, -0.25) is 0 Å². The Balaban J connectivity index is 2.95. The van der Waals surface area contributed by atoms with Gasteiger partial charge in [-0.1, -0.05) is 17.7 Å². The van der Waals surface area contributed by atoms with Crippen LogP contribution in [0.5, 0.6) is 0 Å². The van der Waals surface area contributed by atoms with Crippen molar-refractivity contribution in [1.82, 2.24) is 0 Å². The normalized spacial score (nSPS) is 12.8. The van der Waals surface area contributed by atoms with Gasteiger partial charge in [0.05, 0.1) is 19.3 Å². The summed E-state index contributed by atoms with van der Waals surface area (Å²) in [7, 11) is 0. The Kier molecular flexibility index (Phi) is 5.78. The molecule has 0 aromatic heterocycles. The van der Waals surface area contributed by atoms with E-state index in [0.717, 1.165) is 0 Å². The molecule has 1 unspecified atom stereocenters. The number of alkyl halides is 2. The van der Waals surface area contributed by atoms with Crippen LogP contribution in [0.25, 0.3) is 0 Å². The van der Waals surface area contributed by atoms with E-state index in [1.54, 1.807) is 19.1 Å². The van der Waals surface area contributed by atoms with Crippen molar-refractivity contribution in [2.75, 3.05) is 24.6 Å². The molecule has 3 nitrogen and oxygen atoms in total. The second-order valence-corrected chi connectivity index (χ2v) is 4.35. The Hall–Kier alpha value is -0.910. The molecule has 0 heterocycles. The number of nitrogens with zero attached hydrogens (tertiary/aromatic N) is 1. The Bertz CT molecular complexity index is 388. The second-order valence-electron chi connectivity index (χ2n) is 3.94. The fourth-order valence-electron chi connectivity index (χ4n) is 1.66. The topological polar surface area (TPSA) is 43.7 Å². The highest BCUT2D eigenvalue weighted by atomic mass is 35.5. The van der Waals surface area contributed by atoms with Crippen LogP contribution in [0.3, 0.4) is 0 Å². The molecule has 0 spiro atoms. The number of aliphatic hydroxyl groups is 2. The van der Waals surface area contributed by atoms with Gasteiger partial charge >= 0.3 is 0 Å². The summed E-state index contributed by atoms with van der Waals surface area (Å²) in [4.78, 5) is 1.35. The number of hydrogen-bond acceptors (Lipinski definition) is 3. The number of aliphatic hydroxyl groups excluding tert-OH is 2. The molecule has 6 heteroatoms. The molecule has 2 N–H and O–H groups in total. The summed E-state index contributed by atoms with van der Waals surface area (Å²) in [6, 6.07) is 4.71. The number of benzene rings is 1. The van der Waals surface area contributed by atoms with E-state index in [1.807, 2.05) is 0 Å². The molecule has 1 aromatic carbocycles. The van der Waals surface area contributed by atoms with Crippen LogP contribution in [0.15, 0.2) is 18.2 Å². The van der Waals surface area contributed by atoms with Crippen LogP contribution in [-0.2, 0) is 0 Å². The first-order valence-electron chi connectivity index (χ1n) is 5.57. The molecule has 0 fully saturated rings. The minimum atomic E-state index is -2.49. The number of anilines is 1. The quantitative estimate of drug-likeness (QED) is 0.841. The van der Waals surface area contributed by atoms with Crippen LogP contribution in [0.4, 0.5) is 14.5 Å². The Morgan fingerprint density at radius 2 is 2.06 bits per heavy atom. The lowest BCUT2D eigenvalue weighted by Crippen LogP contribution is -2.31. The third kappa shape index (κ3) is 4.08. The lowest BCUT2D eigenvalue weighted by molar-refractivity contribution is 0.153. The summed E-state index contributed by atoms with van der Waals surface area (Å²) in [5.41, 5.74) is 1.04. The van der Waals surface area contributed by atoms with Crippen LogP contribution in [0.1, 0.15) is 18.6 Å². The summed E-state index contributed by atoms with van der Waals surface area (Å²) >= 11 is 5.97. The lowest BCUT2D eigenvalue weighted by Gasteiger charge is -2.24. The van der Waals surface area contributed by atoms with Gasteiger partial charge in [-0.25, -0.2) is 8.78 Å². The number of rotatable bonds is 6. The molecule has 0 aliphatic rings. The van der Waals surface area contributed by atoms with Gasteiger partial charge in [0.15, 0.2) is 0 Å². The Morgan fingerprint density at radius 1 is 1.39 bits per heavy atom. The van der Waals surface area contributed by atoms with Gasteiger partial charge in [0, 0.05) is 17.3 Å². The van der Waals surface area contributed by atoms with E-state index in [1.165, 1.54) is 11.0 Å². The molecule has 0 bridgehead atoms. The van der Waals surface area contributed by atoms with Crippen LogP contribution in [0, 0.1) is 0 Å². The van der Waals surface area contributed by atoms with Crippen molar-refractivity contribution >= 4 is 17.3 Å². The van der Waals surface area contributed by atoms with Crippen molar-refractivity contribution in [2.24, 2.45) is 0 Å². The zero-order chi connectivity index (χ0) is 13.7. The van der Waals surface area contributed by atoms with Gasteiger partial charge in [0.2, 0.25) is 0 Å². The number of hydrogen-bond donors (Lipinski definition) is 2. The van der Waals surface area contributed by atoms with Crippen molar-refractivity contribution in [1.29, 1.82) is 0 Å². The molecule has 0 amide bonds. The predicted molar refractivity (Wildman–Crippen MR) is 67.4 cm³/mol. The van der Waals surface area contributed by atoms with Gasteiger partial charge in [0.25, 0.3) is 6.43 Å². The third-order valence-corrected chi connectivity index (χ3v) is 2.85. The summed E-state index contributed by atoms with van der Waals surface area (Å²) < 4.78 is 24.8. The lowest BCUT2D eigenvalue weighted by atomic mass is 10.1. The number of halogens is 3. The molecular weight excluding hydrogens is 264 g/mol. The second kappa shape index (κ2) is 6.87. The van der Waals surface area contributed by atoms with Crippen LogP contribution in [-0.4, -0.2) is 36.3 Å². The summed E-state index contributed by atoms with van der Waals surface area (Å²) in [6.07, 6.45) is -3.21. The third-order valence-electron chi connectivity index (χ3n) is 2.53. The minimum absolute atomic E-state index is 0.106. The summed E-state index contributed by atoms with van der Waals surface area (Å²) in [6.45, 7) is 0.994. The van der Waals surface area contributed by atoms with E-state index in [2.05, 4.69) is 0 Å². The van der Waals surface area contributed by atoms with E-state index >= 15 is 0 Å². The highest BCUT2D eigenvalue weighted by Crippen LogP contribution is 2.28. The molecular formula is C12H16ClF2NO2. The zero-order valence-electron chi connectivity index (χ0n) is 9.98. The fraction of sp³-hybridized carbons (Fsp3) is 0.500. The van der Waals surface area contributed by atoms with Crippen molar-refractivity contribution in [3.63, 3.8) is 0 Å². The Labute approximate surface area is 110 Å². The summed E-state index contributed by atoms with van der Waals surface area (Å²) in [5, 5.41) is 18.6. The molecule has 1 aromatic rings. The zero-order valence-corrected chi connectivity index (χ0v) is 10.7. The SMILES string of the molecule is CC(O)c1ccc(N(CCO)CC(F)F)cc1Cl. The maximum atomic E-state index is 12.4. The molecule has 1 atom stereocenters. The molecule has 18 heavy (non-hydrogen) atoms. The maximum absolute atomic E-state index is 12.4. The smallest absolute Gasteiger partial charge is 0.255 e. The molecule has 1 rings (SSSR count). The maximum Gasteiger partial charge on any atom is 0.255 e. The van der Waals surface area contributed by atoms with E-state index in [4.69, 9.17) is 16.7 Å². The molecule has 0 saturated heterocycles. The van der Waals surface area contributed by atoms with Crippen molar-refractivity contribution < 1.29 is 19.0 Å². The molecule has 0 radical (unpaired) electrons. The van der Waals surface area contributed by atoms with Crippen LogP contribution < -0.4 is 4.90 Å². The molecule has 102 valence electrons. The molecule has 0 saturated carbocycles. The van der Waals surface area contributed by atoms with Gasteiger partial charge in [-0.05, 0) is 24.6 Å². The van der Waals surface area contributed by atoms with E-state index in [9.17, 15) is 13.9 Å². The first-order chi connectivity index (χ1) is 8.45. The first-order valence-corrected chi connectivity index (χ1v) is 5.95. The van der Waals surface area contributed by atoms with Crippen molar-refractivity contribution in [3.8, 4) is 0 Å². The molecule has 0 aliphatic carbocycles. The largest absolute Gasteiger partial charge is 0.395 e. The monoisotopic (exact) mass is 279 g/mol. The molecule has 0 aliphatic heterocycles. The highest BCUT2D eigenvalue weighted by molar-refractivity contribution is 6.31. The van der Waals surface area contributed by atoms with E-state index in [0.29, 0.717) is 16.3 Å². The highest BCUT2D eigenvalue weighted by Gasteiger charge is 2.14. The standard InChI is InChI=1S/C12H16ClF2NO2/c1-8(18)10-3-2-9(6-11(10)13)16(4-5-17)7-12(14)15/h2-3,6,8,12,17-18H,4-5,7H2,1H3. The van der Waals surface area contributed by atoms with Gasteiger partial charge in [0.1, 0.15) is 0 Å². The van der Waals surface area contributed by atoms with Gasteiger partial charge < -0.3 is 15.1 Å². The van der Waals surface area contributed by atoms with Gasteiger partial charge in [-0.15, -0.1) is 0 Å². The summed E-state index contributed by atoms with van der Waals surface area (Å²) in [5.74, 6) is 0. The van der Waals surface area contributed by atoms with Crippen LogP contribution >= 0.6 is 11.6 Å². The van der Waals surface area contributed by atoms with Crippen LogP contribution in [0.2, 0.25) is 5.02 Å². The van der Waals surface area contributed by atoms with Gasteiger partial charge in [-0.2, -0.15) is 0 Å². The first kappa shape index (κ1) is 15.1. The predicted octanol–water partition coefficient (Wildman–Crippen LogP) is 2.46. The average molecular weight is 280 g/mol. The minimum Gasteiger partial charge on any atom is -0.395 e. The van der Waals surface area contributed by atoms with E-state index in [-0.39, 0.29) is 13.2 Å². The average Bonchev–Trinajstić information content (AvgIpc) is 2.27. The van der Waals surface area contributed by atoms with Crippen molar-refractivity contribution in [3.05, 3.63) is 28.8 Å². The van der Waals surface area contributed by atoms with Crippen molar-refractivity contribution in [2.45, 2.75) is 19.5 Å².